The molecule has 0 saturated carbocycles. The van der Waals surface area contributed by atoms with Crippen LogP contribution in [-0.2, 0) is 19.2 Å². The maximum atomic E-state index is 2.31. The molecule has 7 rings (SSSR count). The summed E-state index contributed by atoms with van der Waals surface area (Å²) >= 11 is 2.31. The molecule has 0 aliphatic carbocycles. The summed E-state index contributed by atoms with van der Waals surface area (Å²) in [5.41, 5.74) is 7.89. The van der Waals surface area contributed by atoms with Crippen molar-refractivity contribution in [1.82, 2.24) is 0 Å². The van der Waals surface area contributed by atoms with Crippen LogP contribution in [0.3, 0.4) is 0 Å². The van der Waals surface area contributed by atoms with Crippen molar-refractivity contribution in [3.05, 3.63) is 163 Å². The second-order valence-electron chi connectivity index (χ2n) is 10.4. The number of aryl methyl sites for hydroxylation is 2. The molecule has 0 N–H and O–H groups in total. The van der Waals surface area contributed by atoms with Crippen molar-refractivity contribution >= 4 is 32.9 Å². The van der Waals surface area contributed by atoms with Crippen molar-refractivity contribution in [2.45, 2.75) is 20.4 Å². The van der Waals surface area contributed by atoms with Gasteiger partial charge in [-0.2, -0.15) is 12.1 Å². The van der Waals surface area contributed by atoms with E-state index in [-0.39, 0.29) is 6.19 Å². The fourth-order valence-electron chi connectivity index (χ4n) is 5.20. The molecule has 0 unspecified atom stereocenters. The molecule has 2 heteroatoms. The molecule has 0 nitrogen and oxygen atoms in total. The van der Waals surface area contributed by atoms with Crippen LogP contribution < -0.4 is 5.19 Å². The van der Waals surface area contributed by atoms with Gasteiger partial charge in [0.15, 0.2) is 0 Å². The molecule has 0 atom stereocenters. The number of hydrogen-bond donors (Lipinski definition) is 0. The van der Waals surface area contributed by atoms with E-state index in [0.29, 0.717) is 0 Å². The minimum Gasteiger partial charge on any atom is -0.165 e. The van der Waals surface area contributed by atoms with Gasteiger partial charge in [0.1, 0.15) is 0 Å². The number of fused-ring (bicyclic) bond motifs is 2. The minimum absolute atomic E-state index is 0.212. The zero-order valence-electron chi connectivity index (χ0n) is 23.9. The number of hydrogen-bond acceptors (Lipinski definition) is 0. The van der Waals surface area contributed by atoms with Gasteiger partial charge in [0.05, 0.1) is 0 Å². The first kappa shape index (κ1) is 28.8. The maximum Gasteiger partial charge on any atom is -0.0279 e. The van der Waals surface area contributed by atoms with Gasteiger partial charge in [-0.15, -0.1) is 69.1 Å². The third-order valence-electron chi connectivity index (χ3n) is 7.17. The molecule has 0 fully saturated rings. The summed E-state index contributed by atoms with van der Waals surface area (Å²) in [5.74, 6) is 0. The molecule has 0 aromatic heterocycles. The summed E-state index contributed by atoms with van der Waals surface area (Å²) < 4.78 is 0. The van der Waals surface area contributed by atoms with Gasteiger partial charge >= 0.3 is 67.4 Å². The fourth-order valence-corrected chi connectivity index (χ4v) is 6.67. The molecule has 41 heavy (non-hydrogen) atoms. The quantitative estimate of drug-likeness (QED) is 0.145. The molecule has 0 radical (unpaired) electrons. The Hall–Kier alpha value is -3.75. The van der Waals surface area contributed by atoms with Crippen LogP contribution in [0.1, 0.15) is 11.1 Å². The second kappa shape index (κ2) is 13.7. The van der Waals surface area contributed by atoms with Gasteiger partial charge in [-0.3, -0.25) is 0 Å². The van der Waals surface area contributed by atoms with E-state index in [1.165, 1.54) is 60.1 Å². The standard InChI is InChI=1S/2C16H13.C7H8Si.Ti/c2*1-12-10-14-8-5-9-15(16(14)11-12)13-6-3-2-4-7-13;1-8-7-5-3-2-4-6-7;/h2*2-11H,1H3;2-6H,1H3;/q2*-1;;+2. The molecule has 0 aliphatic rings. The Balaban J connectivity index is 0.000000129. The van der Waals surface area contributed by atoms with Crippen LogP contribution in [0.25, 0.3) is 43.8 Å². The first-order valence-corrected chi connectivity index (χ1v) is 18.4. The largest absolute Gasteiger partial charge is 0.165 e. The van der Waals surface area contributed by atoms with E-state index in [9.17, 15) is 0 Å². The van der Waals surface area contributed by atoms with E-state index in [1.54, 1.807) is 0 Å². The van der Waals surface area contributed by atoms with Gasteiger partial charge in [-0.1, -0.05) is 97.8 Å². The average molecular weight is 579 g/mol. The number of benzene rings is 5. The Morgan fingerprint density at radius 3 is 1.24 bits per heavy atom. The van der Waals surface area contributed by atoms with Crippen LogP contribution in [-0.4, -0.2) is 6.19 Å². The SMILES string of the molecule is C[Si](=[Ti+2])c1ccccc1.Cc1cc2c(-c3ccccc3)cccc2[cH-]1.Cc1cc2c(-c3ccccc3)cccc2[cH-]1. The molecular formula is C39H34SiTi. The molecule has 0 aliphatic heterocycles. The minimum atomic E-state index is -0.212. The molecule has 7 aromatic rings. The van der Waals surface area contributed by atoms with E-state index in [2.05, 4.69) is 191 Å². The second-order valence-corrected chi connectivity index (χ2v) is 15.7. The summed E-state index contributed by atoms with van der Waals surface area (Å²) in [6.07, 6.45) is -0.212. The summed E-state index contributed by atoms with van der Waals surface area (Å²) in [5, 5.41) is 6.89. The Morgan fingerprint density at radius 2 is 0.878 bits per heavy atom. The zero-order valence-corrected chi connectivity index (χ0v) is 26.5. The van der Waals surface area contributed by atoms with Crippen molar-refractivity contribution in [2.24, 2.45) is 0 Å². The first-order chi connectivity index (χ1) is 20.0. The molecule has 198 valence electrons. The molecule has 0 heterocycles. The first-order valence-electron chi connectivity index (χ1n) is 14.0. The normalized spacial score (nSPS) is 10.5. The maximum absolute atomic E-state index is 2.31. The van der Waals surface area contributed by atoms with Crippen LogP contribution in [0.2, 0.25) is 6.55 Å². The van der Waals surface area contributed by atoms with Crippen LogP contribution in [0.15, 0.2) is 152 Å². The smallest absolute Gasteiger partial charge is 0.0279 e. The van der Waals surface area contributed by atoms with Gasteiger partial charge < -0.3 is 0 Å². The van der Waals surface area contributed by atoms with Gasteiger partial charge in [-0.05, 0) is 11.1 Å². The van der Waals surface area contributed by atoms with Gasteiger partial charge in [0.25, 0.3) is 0 Å². The van der Waals surface area contributed by atoms with Crippen molar-refractivity contribution in [1.29, 1.82) is 0 Å². The molecular weight excluding hydrogens is 544 g/mol. The van der Waals surface area contributed by atoms with Crippen molar-refractivity contribution in [3.63, 3.8) is 0 Å². The predicted octanol–water partition coefficient (Wildman–Crippen LogP) is 10.1. The molecule has 0 spiro atoms. The van der Waals surface area contributed by atoms with Crippen LogP contribution in [0.4, 0.5) is 0 Å². The molecule has 0 saturated heterocycles. The van der Waals surface area contributed by atoms with E-state index in [1.807, 2.05) is 0 Å². The van der Waals surface area contributed by atoms with Gasteiger partial charge in [0.2, 0.25) is 0 Å². The monoisotopic (exact) mass is 578 g/mol. The zero-order chi connectivity index (χ0) is 28.6. The Labute approximate surface area is 256 Å². The third-order valence-corrected chi connectivity index (χ3v) is 9.72. The average Bonchev–Trinajstić information content (AvgIpc) is 3.59. The van der Waals surface area contributed by atoms with Gasteiger partial charge in [-0.25, -0.2) is 0 Å². The molecule has 0 bridgehead atoms. The Bertz CT molecular complexity index is 1740. The predicted molar refractivity (Wildman–Crippen MR) is 177 cm³/mol. The fraction of sp³-hybridized carbons (Fsp3) is 0.0769. The van der Waals surface area contributed by atoms with Crippen molar-refractivity contribution in [2.75, 3.05) is 0 Å². The summed E-state index contributed by atoms with van der Waals surface area (Å²) in [6, 6.07) is 53.8. The Kier molecular flexibility index (Phi) is 9.64. The summed E-state index contributed by atoms with van der Waals surface area (Å²) in [6.45, 7) is 6.60. The van der Waals surface area contributed by atoms with Crippen LogP contribution in [0, 0.1) is 13.8 Å². The van der Waals surface area contributed by atoms with Crippen molar-refractivity contribution < 1.29 is 19.2 Å². The molecule has 7 aromatic carbocycles. The van der Waals surface area contributed by atoms with E-state index >= 15 is 0 Å². The topological polar surface area (TPSA) is 0 Å². The number of rotatable bonds is 3. The Morgan fingerprint density at radius 1 is 0.488 bits per heavy atom. The van der Waals surface area contributed by atoms with Crippen molar-refractivity contribution in [3.8, 4) is 22.3 Å². The van der Waals surface area contributed by atoms with Crippen LogP contribution >= 0.6 is 0 Å². The van der Waals surface area contributed by atoms with Crippen LogP contribution in [0.5, 0.6) is 0 Å². The van der Waals surface area contributed by atoms with E-state index in [4.69, 9.17) is 0 Å². The van der Waals surface area contributed by atoms with E-state index in [0.717, 1.165) is 0 Å². The summed E-state index contributed by atoms with van der Waals surface area (Å²) in [4.78, 5) is 0. The third kappa shape index (κ3) is 7.31. The molecule has 0 amide bonds. The summed E-state index contributed by atoms with van der Waals surface area (Å²) in [7, 11) is 0. The van der Waals surface area contributed by atoms with E-state index < -0.39 is 0 Å². The van der Waals surface area contributed by atoms with Gasteiger partial charge in [0, 0.05) is 0 Å².